The van der Waals surface area contributed by atoms with Crippen molar-refractivity contribution in [1.29, 1.82) is 0 Å². The van der Waals surface area contributed by atoms with Crippen LogP contribution in [0.3, 0.4) is 0 Å². The minimum absolute atomic E-state index is 0.710. The summed E-state index contributed by atoms with van der Waals surface area (Å²) in [6.45, 7) is 0. The van der Waals surface area contributed by atoms with E-state index in [1.165, 1.54) is 21.8 Å². The Morgan fingerprint density at radius 1 is 0.630 bits per heavy atom. The largest absolute Gasteiger partial charge is 0.456 e. The Balaban J connectivity index is 1.86. The van der Waals surface area contributed by atoms with Gasteiger partial charge in [-0.05, 0) is 42.5 Å². The van der Waals surface area contributed by atoms with E-state index in [-0.39, 0.29) is 0 Å². The third-order valence-electron chi connectivity index (χ3n) is 5.26. The third-order valence-corrected chi connectivity index (χ3v) is 5.49. The average molecular weight is 368 g/mol. The van der Waals surface area contributed by atoms with E-state index in [0.717, 1.165) is 27.6 Å². The van der Waals surface area contributed by atoms with Crippen LogP contribution in [0.15, 0.2) is 89.3 Å². The minimum atomic E-state index is 0.710. The molecule has 0 amide bonds. The second kappa shape index (κ2) is 5.38. The van der Waals surface area contributed by atoms with Crippen LogP contribution in [0.5, 0.6) is 0 Å². The highest BCUT2D eigenvalue weighted by Gasteiger charge is 2.17. The highest BCUT2D eigenvalue weighted by molar-refractivity contribution is 6.32. The number of nitrogens with zero attached hydrogens (tertiary/aromatic N) is 1. The SMILES string of the molecule is Clc1ccc2oc3cccc(-n4c5ccccc5c5ccccc54)c3c2c1. The topological polar surface area (TPSA) is 18.1 Å². The molecule has 0 radical (unpaired) electrons. The number of benzene rings is 4. The van der Waals surface area contributed by atoms with Crippen LogP contribution in [0.25, 0.3) is 49.4 Å². The van der Waals surface area contributed by atoms with Gasteiger partial charge in [0.25, 0.3) is 0 Å². The fraction of sp³-hybridized carbons (Fsp3) is 0. The van der Waals surface area contributed by atoms with Crippen molar-refractivity contribution >= 4 is 55.3 Å². The van der Waals surface area contributed by atoms with Crippen LogP contribution in [-0.2, 0) is 0 Å². The number of halogens is 1. The Morgan fingerprint density at radius 2 is 1.33 bits per heavy atom. The number of furan rings is 1. The Morgan fingerprint density at radius 3 is 2.07 bits per heavy atom. The molecule has 3 heteroatoms. The minimum Gasteiger partial charge on any atom is -0.456 e. The molecule has 6 aromatic rings. The van der Waals surface area contributed by atoms with Crippen molar-refractivity contribution in [2.45, 2.75) is 0 Å². The number of hydrogen-bond acceptors (Lipinski definition) is 1. The van der Waals surface area contributed by atoms with E-state index < -0.39 is 0 Å². The second-order valence-electron chi connectivity index (χ2n) is 6.76. The lowest BCUT2D eigenvalue weighted by molar-refractivity contribution is 0.669. The van der Waals surface area contributed by atoms with Gasteiger partial charge in [0.15, 0.2) is 0 Å². The number of hydrogen-bond donors (Lipinski definition) is 0. The molecule has 4 aromatic carbocycles. The summed E-state index contributed by atoms with van der Waals surface area (Å²) in [6.07, 6.45) is 0. The fourth-order valence-electron chi connectivity index (χ4n) is 4.15. The quantitative estimate of drug-likeness (QED) is 0.297. The van der Waals surface area contributed by atoms with E-state index in [2.05, 4.69) is 59.2 Å². The molecule has 2 aromatic heterocycles. The highest BCUT2D eigenvalue weighted by Crippen LogP contribution is 2.38. The summed E-state index contributed by atoms with van der Waals surface area (Å²) < 4.78 is 8.42. The summed E-state index contributed by atoms with van der Waals surface area (Å²) in [7, 11) is 0. The van der Waals surface area contributed by atoms with Crippen LogP contribution in [0, 0.1) is 0 Å². The van der Waals surface area contributed by atoms with Crippen molar-refractivity contribution in [2.24, 2.45) is 0 Å². The van der Waals surface area contributed by atoms with Crippen molar-refractivity contribution < 1.29 is 4.42 Å². The zero-order valence-corrected chi connectivity index (χ0v) is 15.1. The van der Waals surface area contributed by atoms with Gasteiger partial charge in [0.05, 0.1) is 22.1 Å². The summed E-state index contributed by atoms with van der Waals surface area (Å²) in [6, 6.07) is 29.1. The van der Waals surface area contributed by atoms with Crippen molar-refractivity contribution in [1.82, 2.24) is 4.57 Å². The van der Waals surface area contributed by atoms with Gasteiger partial charge in [0, 0.05) is 21.2 Å². The third kappa shape index (κ3) is 2.02. The van der Waals surface area contributed by atoms with Gasteiger partial charge in [-0.3, -0.25) is 0 Å². The molecule has 0 saturated carbocycles. The zero-order chi connectivity index (χ0) is 18.0. The van der Waals surface area contributed by atoms with Crippen LogP contribution in [-0.4, -0.2) is 4.57 Å². The first-order valence-electron chi connectivity index (χ1n) is 8.90. The predicted octanol–water partition coefficient (Wildman–Crippen LogP) is 7.34. The van der Waals surface area contributed by atoms with E-state index in [0.29, 0.717) is 5.02 Å². The average Bonchev–Trinajstić information content (AvgIpc) is 3.23. The molecule has 0 atom stereocenters. The smallest absolute Gasteiger partial charge is 0.137 e. The lowest BCUT2D eigenvalue weighted by atomic mass is 10.1. The Kier molecular flexibility index (Phi) is 2.97. The standard InChI is InChI=1S/C24H14ClNO/c25-15-12-13-22-18(14-15)24-21(10-5-11-23(24)27-22)26-19-8-3-1-6-16(19)17-7-2-4-9-20(17)26/h1-14H. The van der Waals surface area contributed by atoms with Crippen LogP contribution < -0.4 is 0 Å². The molecule has 6 rings (SSSR count). The van der Waals surface area contributed by atoms with Crippen LogP contribution >= 0.6 is 11.6 Å². The fourth-order valence-corrected chi connectivity index (χ4v) is 4.32. The molecule has 0 aliphatic rings. The Labute approximate surface area is 160 Å². The predicted molar refractivity (Wildman–Crippen MR) is 113 cm³/mol. The molecular weight excluding hydrogens is 354 g/mol. The zero-order valence-electron chi connectivity index (χ0n) is 14.3. The van der Waals surface area contributed by atoms with Crippen LogP contribution in [0.2, 0.25) is 5.02 Å². The van der Waals surface area contributed by atoms with E-state index in [9.17, 15) is 0 Å². The lowest BCUT2D eigenvalue weighted by Crippen LogP contribution is -1.94. The van der Waals surface area contributed by atoms with E-state index in [1.807, 2.05) is 30.3 Å². The molecule has 27 heavy (non-hydrogen) atoms. The molecule has 0 aliphatic carbocycles. The molecule has 0 bridgehead atoms. The second-order valence-corrected chi connectivity index (χ2v) is 7.20. The highest BCUT2D eigenvalue weighted by atomic mass is 35.5. The van der Waals surface area contributed by atoms with Gasteiger partial charge in [-0.1, -0.05) is 54.1 Å². The first-order chi connectivity index (χ1) is 13.3. The molecule has 2 heterocycles. The van der Waals surface area contributed by atoms with Crippen molar-refractivity contribution in [3.8, 4) is 5.69 Å². The normalized spacial score (nSPS) is 11.9. The maximum Gasteiger partial charge on any atom is 0.137 e. The van der Waals surface area contributed by atoms with Crippen molar-refractivity contribution in [3.63, 3.8) is 0 Å². The number of aromatic nitrogens is 1. The number of fused-ring (bicyclic) bond motifs is 6. The molecule has 0 spiro atoms. The van der Waals surface area contributed by atoms with Crippen LogP contribution in [0.4, 0.5) is 0 Å². The van der Waals surface area contributed by atoms with E-state index >= 15 is 0 Å². The number of para-hydroxylation sites is 2. The number of rotatable bonds is 1. The van der Waals surface area contributed by atoms with Gasteiger partial charge in [0.1, 0.15) is 11.2 Å². The van der Waals surface area contributed by atoms with E-state index in [1.54, 1.807) is 0 Å². The van der Waals surface area contributed by atoms with Gasteiger partial charge in [0.2, 0.25) is 0 Å². The summed E-state index contributed by atoms with van der Waals surface area (Å²) in [4.78, 5) is 0. The molecular formula is C24H14ClNO. The van der Waals surface area contributed by atoms with Gasteiger partial charge < -0.3 is 8.98 Å². The first-order valence-corrected chi connectivity index (χ1v) is 9.28. The monoisotopic (exact) mass is 367 g/mol. The molecule has 128 valence electrons. The van der Waals surface area contributed by atoms with Crippen molar-refractivity contribution in [2.75, 3.05) is 0 Å². The van der Waals surface area contributed by atoms with Gasteiger partial charge in [-0.25, -0.2) is 0 Å². The Bertz CT molecular complexity index is 1440. The molecule has 2 nitrogen and oxygen atoms in total. The van der Waals surface area contributed by atoms with Crippen LogP contribution in [0.1, 0.15) is 0 Å². The lowest BCUT2D eigenvalue weighted by Gasteiger charge is -2.09. The summed E-state index contributed by atoms with van der Waals surface area (Å²) in [5.41, 5.74) is 5.19. The summed E-state index contributed by atoms with van der Waals surface area (Å²) in [5.74, 6) is 0. The molecule has 0 unspecified atom stereocenters. The molecule has 0 saturated heterocycles. The summed E-state index contributed by atoms with van der Waals surface area (Å²) >= 11 is 6.29. The first kappa shape index (κ1) is 14.9. The van der Waals surface area contributed by atoms with Gasteiger partial charge in [-0.15, -0.1) is 0 Å². The van der Waals surface area contributed by atoms with Gasteiger partial charge >= 0.3 is 0 Å². The molecule has 0 fully saturated rings. The van der Waals surface area contributed by atoms with E-state index in [4.69, 9.17) is 16.0 Å². The maximum atomic E-state index is 6.29. The molecule has 0 N–H and O–H groups in total. The summed E-state index contributed by atoms with van der Waals surface area (Å²) in [5, 5.41) is 5.32. The Hall–Kier alpha value is -3.23. The van der Waals surface area contributed by atoms with Gasteiger partial charge in [-0.2, -0.15) is 0 Å². The van der Waals surface area contributed by atoms with Crippen molar-refractivity contribution in [3.05, 3.63) is 90.0 Å². The maximum absolute atomic E-state index is 6.29. The molecule has 0 aliphatic heterocycles.